The zero-order chi connectivity index (χ0) is 20.6. The minimum absolute atomic E-state index is 0.0825. The van der Waals surface area contributed by atoms with Gasteiger partial charge in [0.2, 0.25) is 5.91 Å². The zero-order valence-electron chi connectivity index (χ0n) is 16.9. The minimum atomic E-state index is -0.929. The number of hydrogen-bond acceptors (Lipinski definition) is 4. The molecular weight excluding hydrogens is 366 g/mol. The molecule has 2 aliphatic rings. The van der Waals surface area contributed by atoms with Gasteiger partial charge in [-0.1, -0.05) is 30.3 Å². The topological polar surface area (TPSA) is 72.9 Å². The number of likely N-dealkylation sites (N-methyl/N-ethyl adjacent to an activating group) is 1. The van der Waals surface area contributed by atoms with E-state index in [1.54, 1.807) is 6.07 Å². The molecule has 0 aliphatic carbocycles. The van der Waals surface area contributed by atoms with Crippen molar-refractivity contribution in [3.63, 3.8) is 0 Å². The first-order chi connectivity index (χ1) is 13.9. The summed E-state index contributed by atoms with van der Waals surface area (Å²) < 4.78 is 0. The van der Waals surface area contributed by atoms with E-state index in [1.165, 1.54) is 0 Å². The van der Waals surface area contributed by atoms with Crippen LogP contribution in [0.25, 0.3) is 0 Å². The van der Waals surface area contributed by atoms with Crippen LogP contribution in [0.4, 0.5) is 5.69 Å². The van der Waals surface area contributed by atoms with E-state index in [2.05, 4.69) is 10.2 Å². The molecule has 29 heavy (non-hydrogen) atoms. The number of piperidine rings is 1. The summed E-state index contributed by atoms with van der Waals surface area (Å²) in [4.78, 5) is 29.0. The van der Waals surface area contributed by atoms with Crippen molar-refractivity contribution in [3.8, 4) is 0 Å². The SMILES string of the molecule is CC1N(C)C(=O)C2(CCNCC2)N1c1ccc(C(=O)O)c(Cc2ccccc2)c1. The van der Waals surface area contributed by atoms with E-state index in [4.69, 9.17) is 0 Å². The quantitative estimate of drug-likeness (QED) is 0.836. The fourth-order valence-electron chi connectivity index (χ4n) is 4.79. The van der Waals surface area contributed by atoms with Gasteiger partial charge in [-0.3, -0.25) is 4.79 Å². The van der Waals surface area contributed by atoms with Gasteiger partial charge < -0.3 is 20.2 Å². The molecule has 2 N–H and O–H groups in total. The van der Waals surface area contributed by atoms with E-state index < -0.39 is 11.5 Å². The first-order valence-corrected chi connectivity index (χ1v) is 10.1. The number of benzene rings is 2. The molecule has 0 aromatic heterocycles. The molecule has 4 rings (SSSR count). The Morgan fingerprint density at radius 3 is 2.52 bits per heavy atom. The predicted octanol–water partition coefficient (Wildman–Crippen LogP) is 2.72. The number of rotatable bonds is 4. The third-order valence-corrected chi connectivity index (χ3v) is 6.38. The van der Waals surface area contributed by atoms with E-state index in [0.29, 0.717) is 12.0 Å². The van der Waals surface area contributed by atoms with Crippen LogP contribution in [0.15, 0.2) is 48.5 Å². The number of nitrogens with zero attached hydrogens (tertiary/aromatic N) is 2. The van der Waals surface area contributed by atoms with Crippen molar-refractivity contribution in [1.82, 2.24) is 10.2 Å². The maximum Gasteiger partial charge on any atom is 0.335 e. The molecule has 2 aromatic rings. The highest BCUT2D eigenvalue weighted by atomic mass is 16.4. The van der Waals surface area contributed by atoms with Crippen LogP contribution < -0.4 is 10.2 Å². The summed E-state index contributed by atoms with van der Waals surface area (Å²) in [5.74, 6) is -0.778. The van der Waals surface area contributed by atoms with Crippen LogP contribution in [-0.4, -0.2) is 53.7 Å². The average Bonchev–Trinajstić information content (AvgIpc) is 2.90. The molecule has 0 bridgehead atoms. The normalized spacial score (nSPS) is 21.0. The lowest BCUT2D eigenvalue weighted by atomic mass is 9.86. The van der Waals surface area contributed by atoms with Crippen LogP contribution >= 0.6 is 0 Å². The number of carbonyl (C=O) groups excluding carboxylic acids is 1. The van der Waals surface area contributed by atoms with E-state index in [9.17, 15) is 14.7 Å². The lowest BCUT2D eigenvalue weighted by Crippen LogP contribution is -2.56. The Bertz CT molecular complexity index is 922. The van der Waals surface area contributed by atoms with Crippen molar-refractivity contribution in [1.29, 1.82) is 0 Å². The molecule has 6 nitrogen and oxygen atoms in total. The number of anilines is 1. The number of amides is 1. The van der Waals surface area contributed by atoms with Gasteiger partial charge in [-0.2, -0.15) is 0 Å². The molecule has 2 aliphatic heterocycles. The van der Waals surface area contributed by atoms with Crippen LogP contribution in [0.3, 0.4) is 0 Å². The van der Waals surface area contributed by atoms with Crippen molar-refractivity contribution < 1.29 is 14.7 Å². The molecule has 2 heterocycles. The summed E-state index contributed by atoms with van der Waals surface area (Å²) in [7, 11) is 1.85. The number of carboxylic acids is 1. The minimum Gasteiger partial charge on any atom is -0.478 e. The van der Waals surface area contributed by atoms with Crippen molar-refractivity contribution >= 4 is 17.6 Å². The van der Waals surface area contributed by atoms with Crippen molar-refractivity contribution in [2.24, 2.45) is 0 Å². The van der Waals surface area contributed by atoms with Crippen LogP contribution in [-0.2, 0) is 11.2 Å². The third kappa shape index (κ3) is 3.27. The molecule has 0 saturated carbocycles. The van der Waals surface area contributed by atoms with Gasteiger partial charge in [-0.15, -0.1) is 0 Å². The van der Waals surface area contributed by atoms with Crippen LogP contribution in [0.5, 0.6) is 0 Å². The maximum atomic E-state index is 13.2. The monoisotopic (exact) mass is 393 g/mol. The highest BCUT2D eigenvalue weighted by Gasteiger charge is 2.55. The van der Waals surface area contributed by atoms with Gasteiger partial charge in [0, 0.05) is 12.7 Å². The number of nitrogens with one attached hydrogen (secondary N) is 1. The first kappa shape index (κ1) is 19.5. The Morgan fingerprint density at radius 2 is 1.86 bits per heavy atom. The van der Waals surface area contributed by atoms with Gasteiger partial charge >= 0.3 is 5.97 Å². The Labute approximate surface area is 171 Å². The molecule has 1 unspecified atom stereocenters. The summed E-state index contributed by atoms with van der Waals surface area (Å²) >= 11 is 0. The van der Waals surface area contributed by atoms with E-state index >= 15 is 0 Å². The zero-order valence-corrected chi connectivity index (χ0v) is 16.9. The summed E-state index contributed by atoms with van der Waals surface area (Å²) in [6.45, 7) is 3.64. The third-order valence-electron chi connectivity index (χ3n) is 6.38. The second-order valence-corrected chi connectivity index (χ2v) is 8.01. The first-order valence-electron chi connectivity index (χ1n) is 10.1. The van der Waals surface area contributed by atoms with Gasteiger partial charge in [0.25, 0.3) is 0 Å². The smallest absolute Gasteiger partial charge is 0.335 e. The molecule has 2 saturated heterocycles. The molecule has 6 heteroatoms. The number of carbonyl (C=O) groups is 2. The van der Waals surface area contributed by atoms with E-state index in [0.717, 1.165) is 42.7 Å². The Balaban J connectivity index is 1.78. The molecule has 1 spiro atoms. The van der Waals surface area contributed by atoms with Crippen molar-refractivity contribution in [3.05, 3.63) is 65.2 Å². The highest BCUT2D eigenvalue weighted by molar-refractivity contribution is 5.95. The highest BCUT2D eigenvalue weighted by Crippen LogP contribution is 2.41. The molecule has 1 atom stereocenters. The number of aromatic carboxylic acids is 1. The lowest BCUT2D eigenvalue weighted by Gasteiger charge is -2.42. The van der Waals surface area contributed by atoms with Gasteiger partial charge in [-0.05, 0) is 68.6 Å². The molecule has 1 amide bonds. The Kier molecular flexibility index (Phi) is 5.04. The summed E-state index contributed by atoms with van der Waals surface area (Å²) in [6.07, 6.45) is 1.95. The average molecular weight is 393 g/mol. The summed E-state index contributed by atoms with van der Waals surface area (Å²) in [5, 5.41) is 13.0. The van der Waals surface area contributed by atoms with Gasteiger partial charge in [0.05, 0.1) is 5.56 Å². The molecule has 152 valence electrons. The molecule has 2 aromatic carbocycles. The fraction of sp³-hybridized carbons (Fsp3) is 0.391. The van der Waals surface area contributed by atoms with E-state index in [-0.39, 0.29) is 12.1 Å². The number of carboxylic acid groups (broad SMARTS) is 1. The molecule has 2 fully saturated rings. The fourth-order valence-corrected chi connectivity index (χ4v) is 4.79. The Morgan fingerprint density at radius 1 is 1.17 bits per heavy atom. The van der Waals surface area contributed by atoms with Crippen LogP contribution in [0.1, 0.15) is 41.3 Å². The van der Waals surface area contributed by atoms with Gasteiger partial charge in [0.15, 0.2) is 0 Å². The largest absolute Gasteiger partial charge is 0.478 e. The summed E-state index contributed by atoms with van der Waals surface area (Å²) in [6, 6.07) is 15.4. The van der Waals surface area contributed by atoms with Crippen LogP contribution in [0.2, 0.25) is 0 Å². The van der Waals surface area contributed by atoms with Crippen LogP contribution in [0, 0.1) is 0 Å². The predicted molar refractivity (Wildman–Crippen MR) is 112 cm³/mol. The van der Waals surface area contributed by atoms with Crippen molar-refractivity contribution in [2.75, 3.05) is 25.0 Å². The maximum absolute atomic E-state index is 13.2. The second-order valence-electron chi connectivity index (χ2n) is 8.01. The van der Waals surface area contributed by atoms with Crippen molar-refractivity contribution in [2.45, 2.75) is 37.9 Å². The number of hydrogen-bond donors (Lipinski definition) is 2. The lowest BCUT2D eigenvalue weighted by molar-refractivity contribution is -0.132. The molecular formula is C23H27N3O3. The molecule has 0 radical (unpaired) electrons. The second kappa shape index (κ2) is 7.52. The van der Waals surface area contributed by atoms with E-state index in [1.807, 2.05) is 61.3 Å². The summed E-state index contributed by atoms with van der Waals surface area (Å²) in [5.41, 5.74) is 2.48. The standard InChI is InChI=1S/C23H27N3O3/c1-16-25(2)22(29)23(10-12-24-13-11-23)26(16)19-8-9-20(21(27)28)18(15-19)14-17-6-4-3-5-7-17/h3-9,15-16,24H,10-14H2,1-2H3,(H,27,28). The van der Waals surface area contributed by atoms with Gasteiger partial charge in [0.1, 0.15) is 11.7 Å². The van der Waals surface area contributed by atoms with Gasteiger partial charge in [-0.25, -0.2) is 4.79 Å². The Hall–Kier alpha value is -2.86.